The molecule has 0 amide bonds. The molecule has 0 saturated carbocycles. The molecule has 0 aromatic heterocycles. The van der Waals surface area contributed by atoms with Gasteiger partial charge in [-0.05, 0) is 17.7 Å². The maximum Gasteiger partial charge on any atom is 0.115 e. The highest BCUT2D eigenvalue weighted by molar-refractivity contribution is 5.32. The maximum absolute atomic E-state index is 9.63. The lowest BCUT2D eigenvalue weighted by molar-refractivity contribution is -0.0439. The predicted octanol–water partition coefficient (Wildman–Crippen LogP) is 0.602. The molecule has 0 radical (unpaired) electrons. The van der Waals surface area contributed by atoms with Gasteiger partial charge in [0.15, 0.2) is 0 Å². The van der Waals surface area contributed by atoms with E-state index in [1.54, 1.807) is 12.1 Å². The van der Waals surface area contributed by atoms with Gasteiger partial charge in [0, 0.05) is 0 Å². The zero-order valence-electron chi connectivity index (χ0n) is 10.4. The van der Waals surface area contributed by atoms with Crippen LogP contribution in [0, 0.1) is 11.3 Å². The van der Waals surface area contributed by atoms with Crippen LogP contribution in [0.1, 0.15) is 11.1 Å². The molecule has 100 valence electrons. The van der Waals surface area contributed by atoms with Crippen LogP contribution in [0.4, 0.5) is 0 Å². The average molecular weight is 261 g/mol. The van der Waals surface area contributed by atoms with Crippen LogP contribution in [0.3, 0.4) is 0 Å². The number of fused-ring (bicyclic) bond motifs is 1. The van der Waals surface area contributed by atoms with Gasteiger partial charge in [0.1, 0.15) is 24.4 Å². The van der Waals surface area contributed by atoms with Crippen LogP contribution >= 0.6 is 0 Å². The second-order valence-electron chi connectivity index (χ2n) is 4.82. The van der Waals surface area contributed by atoms with E-state index in [4.69, 9.17) is 19.5 Å². The number of hydrogen-bond acceptors (Lipinski definition) is 5. The van der Waals surface area contributed by atoms with Gasteiger partial charge in [-0.3, -0.25) is 0 Å². The summed E-state index contributed by atoms with van der Waals surface area (Å²) in [5.74, 6) is 0. The molecular weight excluding hydrogens is 246 g/mol. The number of benzene rings is 1. The van der Waals surface area contributed by atoms with Crippen molar-refractivity contribution < 1.29 is 19.3 Å². The summed E-state index contributed by atoms with van der Waals surface area (Å²) in [4.78, 5) is 0. The fraction of sp³-hybridized carbons (Fsp3) is 0.500. The van der Waals surface area contributed by atoms with Crippen molar-refractivity contribution in [3.8, 4) is 6.07 Å². The lowest BCUT2D eigenvalue weighted by atomic mass is 10.1. The lowest BCUT2D eigenvalue weighted by Gasteiger charge is -2.16. The lowest BCUT2D eigenvalue weighted by Crippen LogP contribution is -2.32. The van der Waals surface area contributed by atoms with Crippen molar-refractivity contribution in [1.82, 2.24) is 0 Å². The summed E-state index contributed by atoms with van der Waals surface area (Å²) in [5, 5.41) is 18.5. The van der Waals surface area contributed by atoms with E-state index < -0.39 is 6.10 Å². The van der Waals surface area contributed by atoms with E-state index in [1.807, 2.05) is 12.1 Å². The summed E-state index contributed by atoms with van der Waals surface area (Å²) in [7, 11) is 0. The highest BCUT2D eigenvalue weighted by Crippen LogP contribution is 2.29. The summed E-state index contributed by atoms with van der Waals surface area (Å²) in [6.07, 6.45) is -1.17. The second kappa shape index (κ2) is 5.27. The van der Waals surface area contributed by atoms with Gasteiger partial charge in [-0.15, -0.1) is 0 Å². The average Bonchev–Trinajstić information content (AvgIpc) is 3.00. The van der Waals surface area contributed by atoms with E-state index in [-0.39, 0.29) is 18.3 Å². The molecule has 4 atom stereocenters. The standard InChI is InChI=1S/C14H15NO4/c15-5-9-2-1-3-10(4-9)6-17-12-8-19-13-11(16)7-18-14(12)13/h1-4,11-14,16H,6-8H2/t11-,12+,13-,14-/m1/s1. The van der Waals surface area contributed by atoms with Gasteiger partial charge in [-0.2, -0.15) is 5.26 Å². The minimum Gasteiger partial charge on any atom is -0.388 e. The van der Waals surface area contributed by atoms with Crippen molar-refractivity contribution in [1.29, 1.82) is 5.26 Å². The van der Waals surface area contributed by atoms with Crippen molar-refractivity contribution in [2.24, 2.45) is 0 Å². The molecule has 2 aliphatic heterocycles. The van der Waals surface area contributed by atoms with E-state index in [0.29, 0.717) is 25.4 Å². The Morgan fingerprint density at radius 1 is 1.32 bits per heavy atom. The Balaban J connectivity index is 1.59. The molecule has 1 aromatic carbocycles. The Kier molecular flexibility index (Phi) is 3.49. The Morgan fingerprint density at radius 3 is 3.00 bits per heavy atom. The topological polar surface area (TPSA) is 71.7 Å². The molecule has 2 fully saturated rings. The Labute approximate surface area is 111 Å². The van der Waals surface area contributed by atoms with Gasteiger partial charge < -0.3 is 19.3 Å². The van der Waals surface area contributed by atoms with Gasteiger partial charge in [0.2, 0.25) is 0 Å². The molecule has 0 bridgehead atoms. The zero-order valence-corrected chi connectivity index (χ0v) is 10.4. The third-order valence-corrected chi connectivity index (χ3v) is 3.50. The highest BCUT2D eigenvalue weighted by atomic mass is 16.6. The summed E-state index contributed by atoms with van der Waals surface area (Å²) >= 11 is 0. The Bertz CT molecular complexity index is 498. The molecular formula is C14H15NO4. The molecule has 19 heavy (non-hydrogen) atoms. The van der Waals surface area contributed by atoms with Gasteiger partial charge in [0.05, 0.1) is 31.5 Å². The van der Waals surface area contributed by atoms with Crippen LogP contribution in [-0.2, 0) is 20.8 Å². The Morgan fingerprint density at radius 2 is 2.16 bits per heavy atom. The molecule has 0 spiro atoms. The minimum absolute atomic E-state index is 0.159. The fourth-order valence-electron chi connectivity index (χ4n) is 2.52. The molecule has 2 saturated heterocycles. The molecule has 0 aliphatic carbocycles. The molecule has 1 aromatic rings. The van der Waals surface area contributed by atoms with Gasteiger partial charge >= 0.3 is 0 Å². The number of rotatable bonds is 3. The molecule has 0 unspecified atom stereocenters. The normalized spacial score (nSPS) is 33.1. The van der Waals surface area contributed by atoms with Crippen molar-refractivity contribution in [2.45, 2.75) is 31.0 Å². The first kappa shape index (κ1) is 12.6. The first-order valence-electron chi connectivity index (χ1n) is 6.30. The summed E-state index contributed by atoms with van der Waals surface area (Å²) in [6.45, 7) is 1.15. The quantitative estimate of drug-likeness (QED) is 0.862. The van der Waals surface area contributed by atoms with Crippen molar-refractivity contribution in [3.63, 3.8) is 0 Å². The third-order valence-electron chi connectivity index (χ3n) is 3.50. The number of ether oxygens (including phenoxy) is 3. The molecule has 5 heteroatoms. The summed E-state index contributed by atoms with van der Waals surface area (Å²) in [6, 6.07) is 9.41. The van der Waals surface area contributed by atoms with Crippen molar-refractivity contribution in [3.05, 3.63) is 35.4 Å². The van der Waals surface area contributed by atoms with Crippen LogP contribution in [0.25, 0.3) is 0 Å². The molecule has 2 heterocycles. The predicted molar refractivity (Wildman–Crippen MR) is 65.2 cm³/mol. The van der Waals surface area contributed by atoms with Crippen molar-refractivity contribution in [2.75, 3.05) is 13.2 Å². The second-order valence-corrected chi connectivity index (χ2v) is 4.82. The number of aliphatic hydroxyl groups is 1. The van der Waals surface area contributed by atoms with Gasteiger partial charge in [0.25, 0.3) is 0 Å². The van der Waals surface area contributed by atoms with E-state index in [1.165, 1.54) is 0 Å². The molecule has 3 rings (SSSR count). The first-order valence-corrected chi connectivity index (χ1v) is 6.30. The SMILES string of the molecule is N#Cc1cccc(CO[C@H]2CO[C@H]3[C@@H]2OC[C@H]3O)c1. The monoisotopic (exact) mass is 261 g/mol. The highest BCUT2D eigenvalue weighted by Gasteiger charge is 2.47. The number of nitriles is 1. The van der Waals surface area contributed by atoms with Crippen LogP contribution in [0.15, 0.2) is 24.3 Å². The number of hydrogen-bond donors (Lipinski definition) is 1. The molecule has 2 aliphatic rings. The first-order chi connectivity index (χ1) is 9.28. The van der Waals surface area contributed by atoms with Gasteiger partial charge in [-0.25, -0.2) is 0 Å². The van der Waals surface area contributed by atoms with Crippen LogP contribution in [0.5, 0.6) is 0 Å². The fourth-order valence-corrected chi connectivity index (χ4v) is 2.52. The number of aliphatic hydroxyl groups excluding tert-OH is 1. The maximum atomic E-state index is 9.63. The van der Waals surface area contributed by atoms with Crippen LogP contribution < -0.4 is 0 Å². The zero-order chi connectivity index (χ0) is 13.2. The molecule has 5 nitrogen and oxygen atoms in total. The van der Waals surface area contributed by atoms with Crippen LogP contribution in [0.2, 0.25) is 0 Å². The van der Waals surface area contributed by atoms with Crippen LogP contribution in [-0.4, -0.2) is 42.7 Å². The van der Waals surface area contributed by atoms with E-state index in [0.717, 1.165) is 5.56 Å². The summed E-state index contributed by atoms with van der Waals surface area (Å²) < 4.78 is 16.7. The van der Waals surface area contributed by atoms with E-state index in [2.05, 4.69) is 6.07 Å². The Hall–Kier alpha value is -1.45. The molecule has 1 N–H and O–H groups in total. The van der Waals surface area contributed by atoms with Crippen molar-refractivity contribution >= 4 is 0 Å². The minimum atomic E-state index is -0.555. The smallest absolute Gasteiger partial charge is 0.115 e. The number of nitrogens with zero attached hydrogens (tertiary/aromatic N) is 1. The summed E-state index contributed by atoms with van der Waals surface area (Å²) in [5.41, 5.74) is 1.57. The van der Waals surface area contributed by atoms with Gasteiger partial charge in [-0.1, -0.05) is 12.1 Å². The largest absolute Gasteiger partial charge is 0.388 e. The van der Waals surface area contributed by atoms with E-state index >= 15 is 0 Å². The van der Waals surface area contributed by atoms with E-state index in [9.17, 15) is 5.11 Å². The third kappa shape index (κ3) is 2.48.